The number of para-hydroxylation sites is 2. The smallest absolute Gasteiger partial charge is 0.208 e. The van der Waals surface area contributed by atoms with Crippen molar-refractivity contribution in [2.75, 3.05) is 0 Å². The van der Waals surface area contributed by atoms with Gasteiger partial charge in [0.1, 0.15) is 6.07 Å². The number of hydrogen-bond donors (Lipinski definition) is 3. The molecule has 0 atom stereocenters. The Morgan fingerprint density at radius 2 is 1.63 bits per heavy atom. The van der Waals surface area contributed by atoms with E-state index in [9.17, 15) is 15.5 Å². The van der Waals surface area contributed by atoms with Crippen molar-refractivity contribution in [3.8, 4) is 35.0 Å². The number of aromatic nitrogens is 4. The maximum absolute atomic E-state index is 11.0. The van der Waals surface area contributed by atoms with Crippen molar-refractivity contribution < 1.29 is 10.2 Å². The van der Waals surface area contributed by atoms with Crippen molar-refractivity contribution in [1.82, 2.24) is 19.5 Å². The molecular weight excluding hydrogens is 380 g/mol. The Bertz CT molecular complexity index is 1560. The highest BCUT2D eigenvalue weighted by Crippen LogP contribution is 2.41. The first-order valence-corrected chi connectivity index (χ1v) is 9.08. The number of nitrogens with zero attached hydrogens (tertiary/aromatic N) is 5. The zero-order valence-electron chi connectivity index (χ0n) is 15.7. The first-order valence-electron chi connectivity index (χ1n) is 9.08. The van der Waals surface area contributed by atoms with Crippen LogP contribution in [0.5, 0.6) is 11.8 Å². The third-order valence-corrected chi connectivity index (χ3v) is 4.99. The van der Waals surface area contributed by atoms with Crippen LogP contribution in [0.25, 0.3) is 39.0 Å². The Kier molecular flexibility index (Phi) is 3.66. The lowest BCUT2D eigenvalue weighted by molar-refractivity contribution is 0.405. The fourth-order valence-corrected chi connectivity index (χ4v) is 3.53. The van der Waals surface area contributed by atoms with Gasteiger partial charge in [0.05, 0.1) is 22.2 Å². The standard InChI is InChI=1S/C22H14N6O2/c1-11-6-7-13-14(8-11)22(30)28(21(13)29)20-15-9-12(10-23)18(24)27-19(15)25-16-4-2-3-5-17(16)26-20/h2-9,24,29-30H,1H3. The Labute approximate surface area is 169 Å². The predicted octanol–water partition coefficient (Wildman–Crippen LogP) is 3.14. The second kappa shape index (κ2) is 6.25. The molecule has 0 radical (unpaired) electrons. The third-order valence-electron chi connectivity index (χ3n) is 4.99. The van der Waals surface area contributed by atoms with Crippen molar-refractivity contribution >= 4 is 21.8 Å². The number of benzene rings is 2. The van der Waals surface area contributed by atoms with Gasteiger partial charge in [-0.25, -0.2) is 19.5 Å². The molecule has 8 heteroatoms. The van der Waals surface area contributed by atoms with Gasteiger partial charge in [-0.2, -0.15) is 5.26 Å². The summed E-state index contributed by atoms with van der Waals surface area (Å²) >= 11 is 0. The molecule has 3 aromatic rings. The highest BCUT2D eigenvalue weighted by atomic mass is 16.3. The highest BCUT2D eigenvalue weighted by Gasteiger charge is 2.23. The van der Waals surface area contributed by atoms with Crippen LogP contribution in [-0.4, -0.2) is 29.7 Å². The maximum Gasteiger partial charge on any atom is 0.208 e. The summed E-state index contributed by atoms with van der Waals surface area (Å²) in [7, 11) is 0. The molecular formula is C22H14N6O2. The molecule has 5 rings (SSSR count). The van der Waals surface area contributed by atoms with Crippen LogP contribution in [0, 0.1) is 23.7 Å². The number of hydrogen-bond acceptors (Lipinski definition) is 7. The largest absolute Gasteiger partial charge is 0.494 e. The lowest BCUT2D eigenvalue weighted by Crippen LogP contribution is -2.13. The average Bonchev–Trinajstić information content (AvgIpc) is 2.88. The molecule has 144 valence electrons. The minimum absolute atomic E-state index is 0.0362. The van der Waals surface area contributed by atoms with Crippen molar-refractivity contribution in [3.63, 3.8) is 0 Å². The Morgan fingerprint density at radius 3 is 2.37 bits per heavy atom. The van der Waals surface area contributed by atoms with Gasteiger partial charge in [-0.1, -0.05) is 23.8 Å². The van der Waals surface area contributed by atoms with E-state index < -0.39 is 0 Å². The fraction of sp³-hybridized carbons (Fsp3) is 0.0455. The van der Waals surface area contributed by atoms with E-state index in [1.807, 2.05) is 19.1 Å². The van der Waals surface area contributed by atoms with E-state index in [-0.39, 0.29) is 34.5 Å². The van der Waals surface area contributed by atoms with E-state index in [1.54, 1.807) is 36.4 Å². The van der Waals surface area contributed by atoms with Crippen molar-refractivity contribution in [3.05, 3.63) is 65.1 Å². The Balaban J connectivity index is 2.01. The molecule has 1 aromatic heterocycles. The predicted molar refractivity (Wildman–Crippen MR) is 109 cm³/mol. The summed E-state index contributed by atoms with van der Waals surface area (Å²) in [5.74, 6) is -0.0502. The minimum Gasteiger partial charge on any atom is -0.494 e. The van der Waals surface area contributed by atoms with Crippen LogP contribution in [0.1, 0.15) is 11.1 Å². The number of rotatable bonds is 1. The summed E-state index contributed by atoms with van der Waals surface area (Å²) in [4.78, 5) is 13.3. The van der Waals surface area contributed by atoms with Crippen molar-refractivity contribution in [1.29, 1.82) is 10.7 Å². The van der Waals surface area contributed by atoms with Gasteiger partial charge in [-0.15, -0.1) is 0 Å². The molecule has 30 heavy (non-hydrogen) atoms. The molecule has 0 spiro atoms. The number of aromatic hydroxyl groups is 2. The van der Waals surface area contributed by atoms with Crippen LogP contribution in [0.4, 0.5) is 0 Å². The third kappa shape index (κ3) is 2.46. The SMILES string of the molecule is Cc1ccc2c(O)n(-c3nc4ccccc4nc4nc(=N)c(C#N)cc3-4)c(O)c2c1. The van der Waals surface area contributed by atoms with Gasteiger partial charge < -0.3 is 10.2 Å². The molecule has 0 bridgehead atoms. The second-order valence-electron chi connectivity index (χ2n) is 6.94. The molecule has 0 fully saturated rings. The molecule has 0 saturated carbocycles. The van der Waals surface area contributed by atoms with E-state index in [0.717, 1.165) is 5.56 Å². The summed E-state index contributed by atoms with van der Waals surface area (Å²) in [6.45, 7) is 1.89. The van der Waals surface area contributed by atoms with E-state index in [2.05, 4.69) is 15.0 Å². The topological polar surface area (TPSA) is 132 Å². The zero-order valence-corrected chi connectivity index (χ0v) is 15.7. The van der Waals surface area contributed by atoms with E-state index in [1.165, 1.54) is 10.6 Å². The summed E-state index contributed by atoms with van der Waals surface area (Å²) in [5.41, 5.74) is 2.10. The number of pyridine rings is 1. The maximum atomic E-state index is 11.0. The molecule has 2 aliphatic heterocycles. The van der Waals surface area contributed by atoms with E-state index in [4.69, 9.17) is 5.41 Å². The number of nitrogens with one attached hydrogen (secondary N) is 1. The molecule has 0 unspecified atom stereocenters. The van der Waals surface area contributed by atoms with Gasteiger partial charge in [-0.05, 0) is 37.3 Å². The van der Waals surface area contributed by atoms with E-state index in [0.29, 0.717) is 27.4 Å². The van der Waals surface area contributed by atoms with Gasteiger partial charge >= 0.3 is 0 Å². The van der Waals surface area contributed by atoms with Crippen molar-refractivity contribution in [2.24, 2.45) is 0 Å². The molecule has 3 heterocycles. The quantitative estimate of drug-likeness (QED) is 0.400. The summed E-state index contributed by atoms with van der Waals surface area (Å²) in [6.07, 6.45) is 0. The summed E-state index contributed by atoms with van der Waals surface area (Å²) in [6, 6.07) is 15.8. The number of aryl methyl sites for hydroxylation is 1. The zero-order chi connectivity index (χ0) is 21.0. The first kappa shape index (κ1) is 17.6. The van der Waals surface area contributed by atoms with Crippen LogP contribution in [0.15, 0.2) is 48.5 Å². The molecule has 3 N–H and O–H groups in total. The van der Waals surface area contributed by atoms with Crippen LogP contribution in [0.2, 0.25) is 0 Å². The average molecular weight is 394 g/mol. The minimum atomic E-state index is -0.208. The molecule has 0 amide bonds. The monoisotopic (exact) mass is 394 g/mol. The second-order valence-corrected chi connectivity index (χ2v) is 6.94. The number of fused-ring (bicyclic) bond motifs is 3. The van der Waals surface area contributed by atoms with Gasteiger partial charge in [0, 0.05) is 10.8 Å². The Morgan fingerprint density at radius 1 is 0.933 bits per heavy atom. The molecule has 8 nitrogen and oxygen atoms in total. The molecule has 0 aliphatic carbocycles. The Hall–Kier alpha value is -4.51. The fourth-order valence-electron chi connectivity index (χ4n) is 3.53. The van der Waals surface area contributed by atoms with Gasteiger partial charge in [-0.3, -0.25) is 5.41 Å². The van der Waals surface area contributed by atoms with Crippen molar-refractivity contribution in [2.45, 2.75) is 6.92 Å². The van der Waals surface area contributed by atoms with Crippen LogP contribution < -0.4 is 5.49 Å². The van der Waals surface area contributed by atoms with Gasteiger partial charge in [0.15, 0.2) is 17.1 Å². The lowest BCUT2D eigenvalue weighted by Gasteiger charge is -2.09. The van der Waals surface area contributed by atoms with Gasteiger partial charge in [0.2, 0.25) is 11.8 Å². The van der Waals surface area contributed by atoms with Crippen LogP contribution in [-0.2, 0) is 0 Å². The van der Waals surface area contributed by atoms with E-state index >= 15 is 0 Å². The lowest BCUT2D eigenvalue weighted by atomic mass is 10.1. The summed E-state index contributed by atoms with van der Waals surface area (Å²) < 4.78 is 1.22. The normalized spacial score (nSPS) is 11.2. The van der Waals surface area contributed by atoms with Crippen LogP contribution in [0.3, 0.4) is 0 Å². The first-order chi connectivity index (χ1) is 14.5. The van der Waals surface area contributed by atoms with Gasteiger partial charge in [0.25, 0.3) is 0 Å². The molecule has 2 aliphatic rings. The van der Waals surface area contributed by atoms with Crippen LogP contribution >= 0.6 is 0 Å². The summed E-state index contributed by atoms with van der Waals surface area (Å²) in [5, 5.41) is 40.2. The molecule has 0 saturated heterocycles. The number of nitriles is 1. The highest BCUT2D eigenvalue weighted by molar-refractivity contribution is 5.95. The molecule has 2 aromatic carbocycles.